The standard InChI is InChI=1S/C23H30N4O4S/c1-14-8-7-9-15(2)22(14)26-19(28)12-27(5)20(29)13-31-21(30)11-10-18-16(3)24-23(32-6)25-17(18)4/h7-9H,10-13H2,1-6H3,(H,26,28). The number of likely N-dealkylation sites (N-methyl/N-ethyl adjacent to an activating group) is 1. The van der Waals surface area contributed by atoms with Crippen molar-refractivity contribution in [2.75, 3.05) is 31.8 Å². The first kappa shape index (κ1) is 25.3. The maximum Gasteiger partial charge on any atom is 0.306 e. The fourth-order valence-electron chi connectivity index (χ4n) is 3.21. The van der Waals surface area contributed by atoms with Crippen molar-refractivity contribution < 1.29 is 19.1 Å². The number of carbonyl (C=O) groups is 3. The summed E-state index contributed by atoms with van der Waals surface area (Å²) >= 11 is 1.47. The molecule has 1 N–H and O–H groups in total. The van der Waals surface area contributed by atoms with Gasteiger partial charge >= 0.3 is 5.97 Å². The van der Waals surface area contributed by atoms with E-state index in [0.29, 0.717) is 11.6 Å². The van der Waals surface area contributed by atoms with Crippen LogP contribution < -0.4 is 5.32 Å². The Bertz CT molecular complexity index is 966. The number of esters is 1. The van der Waals surface area contributed by atoms with Crippen molar-refractivity contribution >= 4 is 35.2 Å². The van der Waals surface area contributed by atoms with Crippen LogP contribution in [-0.4, -0.2) is 59.1 Å². The number of nitrogens with zero attached hydrogens (tertiary/aromatic N) is 3. The van der Waals surface area contributed by atoms with Crippen LogP contribution in [0.4, 0.5) is 5.69 Å². The molecule has 0 fully saturated rings. The van der Waals surface area contributed by atoms with Crippen LogP contribution in [0.25, 0.3) is 0 Å². The SMILES string of the molecule is CSc1nc(C)c(CCC(=O)OCC(=O)N(C)CC(=O)Nc2c(C)cccc2C)c(C)n1. The largest absolute Gasteiger partial charge is 0.456 e. The van der Waals surface area contributed by atoms with E-state index in [1.807, 2.05) is 52.1 Å². The second-order valence-corrected chi connectivity index (χ2v) is 8.36. The first-order chi connectivity index (χ1) is 15.1. The quantitative estimate of drug-likeness (QED) is 0.350. The van der Waals surface area contributed by atoms with Crippen LogP contribution in [0.1, 0.15) is 34.5 Å². The molecule has 0 aliphatic rings. The monoisotopic (exact) mass is 458 g/mol. The zero-order chi connectivity index (χ0) is 23.8. The second-order valence-electron chi connectivity index (χ2n) is 7.59. The minimum absolute atomic E-state index is 0.119. The van der Waals surface area contributed by atoms with Crippen LogP contribution >= 0.6 is 11.8 Å². The first-order valence-corrected chi connectivity index (χ1v) is 11.5. The molecule has 2 rings (SSSR count). The fraction of sp³-hybridized carbons (Fsp3) is 0.435. The lowest BCUT2D eigenvalue weighted by Crippen LogP contribution is -2.37. The molecule has 1 aromatic carbocycles. The molecule has 0 unspecified atom stereocenters. The Kier molecular flexibility index (Phi) is 9.19. The summed E-state index contributed by atoms with van der Waals surface area (Å²) in [6.45, 7) is 7.04. The van der Waals surface area contributed by atoms with E-state index in [9.17, 15) is 14.4 Å². The van der Waals surface area contributed by atoms with E-state index in [2.05, 4.69) is 15.3 Å². The van der Waals surface area contributed by atoms with Gasteiger partial charge in [0.25, 0.3) is 5.91 Å². The van der Waals surface area contributed by atoms with Crippen molar-refractivity contribution in [1.82, 2.24) is 14.9 Å². The maximum absolute atomic E-state index is 12.3. The lowest BCUT2D eigenvalue weighted by molar-refractivity contribution is -0.151. The summed E-state index contributed by atoms with van der Waals surface area (Å²) in [4.78, 5) is 46.7. The van der Waals surface area contributed by atoms with Gasteiger partial charge in [0.1, 0.15) is 0 Å². The molecule has 8 nitrogen and oxygen atoms in total. The predicted octanol–water partition coefficient (Wildman–Crippen LogP) is 3.01. The summed E-state index contributed by atoms with van der Waals surface area (Å²) < 4.78 is 5.10. The summed E-state index contributed by atoms with van der Waals surface area (Å²) in [5.74, 6) is -1.25. The van der Waals surface area contributed by atoms with Gasteiger partial charge in [0.2, 0.25) is 5.91 Å². The molecule has 9 heteroatoms. The molecule has 0 aliphatic carbocycles. The van der Waals surface area contributed by atoms with Gasteiger partial charge in [-0.2, -0.15) is 0 Å². The minimum atomic E-state index is -0.487. The van der Waals surface area contributed by atoms with E-state index in [-0.39, 0.29) is 18.9 Å². The number of carbonyl (C=O) groups excluding carboxylic acids is 3. The molecule has 172 valence electrons. The number of ether oxygens (including phenoxy) is 1. The second kappa shape index (κ2) is 11.6. The predicted molar refractivity (Wildman–Crippen MR) is 125 cm³/mol. The van der Waals surface area contributed by atoms with Crippen LogP contribution in [-0.2, 0) is 25.5 Å². The number of aromatic nitrogens is 2. The van der Waals surface area contributed by atoms with Gasteiger partial charge in [-0.15, -0.1) is 0 Å². The Hall–Kier alpha value is -2.94. The fourth-order valence-corrected chi connectivity index (χ4v) is 3.66. The van der Waals surface area contributed by atoms with Gasteiger partial charge in [0.05, 0.1) is 6.54 Å². The number of rotatable bonds is 9. The number of benzene rings is 1. The summed E-state index contributed by atoms with van der Waals surface area (Å²) in [5.41, 5.74) is 5.21. The molecule has 0 radical (unpaired) electrons. The topological polar surface area (TPSA) is 101 Å². The molecule has 1 heterocycles. The zero-order valence-electron chi connectivity index (χ0n) is 19.4. The Labute approximate surface area is 193 Å². The Morgan fingerprint density at radius 1 is 1.06 bits per heavy atom. The highest BCUT2D eigenvalue weighted by Crippen LogP contribution is 2.19. The number of amides is 2. The van der Waals surface area contributed by atoms with Crippen molar-refractivity contribution in [2.24, 2.45) is 0 Å². The van der Waals surface area contributed by atoms with Crippen LogP contribution in [0.2, 0.25) is 0 Å². The Balaban J connectivity index is 1.80. The van der Waals surface area contributed by atoms with Crippen LogP contribution in [0, 0.1) is 27.7 Å². The summed E-state index contributed by atoms with van der Waals surface area (Å²) in [6, 6.07) is 5.73. The Morgan fingerprint density at radius 2 is 1.66 bits per heavy atom. The highest BCUT2D eigenvalue weighted by molar-refractivity contribution is 7.98. The average molecular weight is 459 g/mol. The van der Waals surface area contributed by atoms with E-state index in [0.717, 1.165) is 33.8 Å². The molecular weight excluding hydrogens is 428 g/mol. The third-order valence-corrected chi connectivity index (χ3v) is 5.62. The highest BCUT2D eigenvalue weighted by atomic mass is 32.2. The van der Waals surface area contributed by atoms with Gasteiger partial charge in [-0.25, -0.2) is 9.97 Å². The molecule has 2 amide bonds. The lowest BCUT2D eigenvalue weighted by Gasteiger charge is -2.18. The number of nitrogens with one attached hydrogen (secondary N) is 1. The molecule has 32 heavy (non-hydrogen) atoms. The summed E-state index contributed by atoms with van der Waals surface area (Å²) in [5, 5.41) is 3.53. The van der Waals surface area contributed by atoms with Crippen molar-refractivity contribution in [3.63, 3.8) is 0 Å². The van der Waals surface area contributed by atoms with E-state index < -0.39 is 18.5 Å². The maximum atomic E-state index is 12.3. The number of anilines is 1. The Morgan fingerprint density at radius 3 is 2.22 bits per heavy atom. The van der Waals surface area contributed by atoms with Gasteiger partial charge in [-0.3, -0.25) is 14.4 Å². The van der Waals surface area contributed by atoms with Crippen LogP contribution in [0.15, 0.2) is 23.4 Å². The smallest absolute Gasteiger partial charge is 0.306 e. The molecule has 0 spiro atoms. The molecule has 0 bridgehead atoms. The number of aryl methyl sites for hydroxylation is 4. The van der Waals surface area contributed by atoms with E-state index in [1.165, 1.54) is 23.7 Å². The molecule has 0 atom stereocenters. The third-order valence-electron chi connectivity index (χ3n) is 5.07. The van der Waals surface area contributed by atoms with E-state index in [1.54, 1.807) is 0 Å². The lowest BCUT2D eigenvalue weighted by atomic mass is 10.1. The molecule has 0 saturated heterocycles. The molecule has 2 aromatic rings. The van der Waals surface area contributed by atoms with E-state index in [4.69, 9.17) is 4.74 Å². The molecule has 0 aliphatic heterocycles. The third kappa shape index (κ3) is 7.05. The van der Waals surface area contributed by atoms with Gasteiger partial charge in [-0.05, 0) is 57.1 Å². The highest BCUT2D eigenvalue weighted by Gasteiger charge is 2.17. The van der Waals surface area contributed by atoms with Crippen molar-refractivity contribution in [3.05, 3.63) is 46.3 Å². The zero-order valence-corrected chi connectivity index (χ0v) is 20.3. The van der Waals surface area contributed by atoms with Crippen molar-refractivity contribution in [1.29, 1.82) is 0 Å². The number of hydrogen-bond acceptors (Lipinski definition) is 7. The van der Waals surface area contributed by atoms with Crippen LogP contribution in [0.5, 0.6) is 0 Å². The van der Waals surface area contributed by atoms with E-state index >= 15 is 0 Å². The van der Waals surface area contributed by atoms with Gasteiger partial charge in [0.15, 0.2) is 11.8 Å². The van der Waals surface area contributed by atoms with Gasteiger partial charge in [0, 0.05) is 30.5 Å². The van der Waals surface area contributed by atoms with Crippen molar-refractivity contribution in [2.45, 2.75) is 45.7 Å². The van der Waals surface area contributed by atoms with Gasteiger partial charge in [-0.1, -0.05) is 30.0 Å². The first-order valence-electron chi connectivity index (χ1n) is 10.3. The normalized spacial score (nSPS) is 10.6. The summed E-state index contributed by atoms with van der Waals surface area (Å²) in [7, 11) is 1.50. The van der Waals surface area contributed by atoms with Crippen LogP contribution in [0.3, 0.4) is 0 Å². The molecule has 1 aromatic heterocycles. The average Bonchev–Trinajstić information content (AvgIpc) is 2.73. The molecule has 0 saturated carbocycles. The van der Waals surface area contributed by atoms with Gasteiger partial charge < -0.3 is 15.0 Å². The number of hydrogen-bond donors (Lipinski definition) is 1. The molecular formula is C23H30N4O4S. The number of thioether (sulfide) groups is 1. The summed E-state index contributed by atoms with van der Waals surface area (Å²) in [6.07, 6.45) is 2.47. The van der Waals surface area contributed by atoms with Crippen molar-refractivity contribution in [3.8, 4) is 0 Å². The number of para-hydroxylation sites is 1. The minimum Gasteiger partial charge on any atom is -0.456 e.